The van der Waals surface area contributed by atoms with Crippen LogP contribution in [0.4, 0.5) is 0 Å². The maximum Gasteiger partial charge on any atom is 0.331 e. The first-order valence-corrected chi connectivity index (χ1v) is 7.51. The van der Waals surface area contributed by atoms with Gasteiger partial charge in [-0.1, -0.05) is 18.2 Å². The second-order valence-corrected chi connectivity index (χ2v) is 5.24. The van der Waals surface area contributed by atoms with E-state index in [1.807, 2.05) is 31.2 Å². The first-order chi connectivity index (χ1) is 10.7. The Morgan fingerprint density at radius 1 is 1.36 bits per heavy atom. The van der Waals surface area contributed by atoms with Crippen molar-refractivity contribution in [2.24, 2.45) is 0 Å². The number of rotatable bonds is 6. The minimum Gasteiger partial charge on any atom is -0.496 e. The molecule has 0 unspecified atom stereocenters. The third kappa shape index (κ3) is 5.16. The van der Waals surface area contributed by atoms with Crippen molar-refractivity contribution in [2.45, 2.75) is 13.0 Å². The summed E-state index contributed by atoms with van der Waals surface area (Å²) in [6.07, 6.45) is 3.00. The van der Waals surface area contributed by atoms with Gasteiger partial charge in [0.15, 0.2) is 0 Å². The van der Waals surface area contributed by atoms with Gasteiger partial charge >= 0.3 is 5.97 Å². The Balaban J connectivity index is 1.82. The highest BCUT2D eigenvalue weighted by atomic mass is 16.5. The van der Waals surface area contributed by atoms with E-state index in [1.165, 1.54) is 6.08 Å². The summed E-state index contributed by atoms with van der Waals surface area (Å²) in [5.41, 5.74) is 0.850. The molecule has 1 heterocycles. The molecule has 1 atom stereocenters. The fraction of sp³-hybridized carbons (Fsp3) is 0.471. The summed E-state index contributed by atoms with van der Waals surface area (Å²) >= 11 is 0. The summed E-state index contributed by atoms with van der Waals surface area (Å²) in [5, 5.41) is 0. The Morgan fingerprint density at radius 2 is 2.09 bits per heavy atom. The Bertz CT molecular complexity index is 509. The van der Waals surface area contributed by atoms with Gasteiger partial charge < -0.3 is 14.2 Å². The summed E-state index contributed by atoms with van der Waals surface area (Å²) in [6, 6.07) is 7.53. The average molecular weight is 305 g/mol. The molecule has 120 valence electrons. The predicted molar refractivity (Wildman–Crippen MR) is 84.8 cm³/mol. The number of ether oxygens (including phenoxy) is 3. The molecule has 5 heteroatoms. The minimum absolute atomic E-state index is 0.145. The van der Waals surface area contributed by atoms with Gasteiger partial charge in [-0.25, -0.2) is 4.79 Å². The van der Waals surface area contributed by atoms with Crippen LogP contribution in [-0.4, -0.2) is 56.9 Å². The Morgan fingerprint density at radius 3 is 2.82 bits per heavy atom. The van der Waals surface area contributed by atoms with Crippen LogP contribution >= 0.6 is 0 Å². The number of nitrogens with zero attached hydrogens (tertiary/aromatic N) is 1. The lowest BCUT2D eigenvalue weighted by Gasteiger charge is -2.28. The standard InChI is InChI=1S/C17H23NO4/c1-14(13-18-9-11-21-12-10-18)22-17(19)8-7-15-5-3-4-6-16(15)20-2/h3-8,14H,9-13H2,1-2H3/b8-7+/t14-/m1/s1. The van der Waals surface area contributed by atoms with Gasteiger partial charge in [-0.05, 0) is 19.1 Å². The number of benzene rings is 1. The molecule has 0 N–H and O–H groups in total. The molecule has 0 bridgehead atoms. The van der Waals surface area contributed by atoms with E-state index < -0.39 is 0 Å². The van der Waals surface area contributed by atoms with Gasteiger partial charge in [-0.2, -0.15) is 0 Å². The Kier molecular flexibility index (Phi) is 6.43. The normalized spacial score (nSPS) is 17.4. The zero-order valence-electron chi connectivity index (χ0n) is 13.2. The maximum absolute atomic E-state index is 11.9. The Hall–Kier alpha value is -1.85. The number of hydrogen-bond acceptors (Lipinski definition) is 5. The van der Waals surface area contributed by atoms with Crippen molar-refractivity contribution in [1.82, 2.24) is 4.90 Å². The first-order valence-electron chi connectivity index (χ1n) is 7.51. The first kappa shape index (κ1) is 16.5. The molecule has 0 aliphatic carbocycles. The molecule has 1 aliphatic heterocycles. The third-order valence-corrected chi connectivity index (χ3v) is 3.47. The third-order valence-electron chi connectivity index (χ3n) is 3.47. The van der Waals surface area contributed by atoms with Crippen molar-refractivity contribution in [3.63, 3.8) is 0 Å². The van der Waals surface area contributed by atoms with Crippen molar-refractivity contribution in [3.8, 4) is 5.75 Å². The van der Waals surface area contributed by atoms with Crippen LogP contribution in [0.3, 0.4) is 0 Å². The van der Waals surface area contributed by atoms with Crippen LogP contribution in [0.5, 0.6) is 5.75 Å². The largest absolute Gasteiger partial charge is 0.496 e. The summed E-state index contributed by atoms with van der Waals surface area (Å²) < 4.78 is 15.9. The molecular formula is C17H23NO4. The zero-order valence-corrected chi connectivity index (χ0v) is 13.2. The molecule has 1 saturated heterocycles. The van der Waals surface area contributed by atoms with Crippen LogP contribution in [0, 0.1) is 0 Å². The van der Waals surface area contributed by atoms with E-state index in [0.717, 1.165) is 44.2 Å². The monoisotopic (exact) mass is 305 g/mol. The number of morpholine rings is 1. The number of carbonyl (C=O) groups is 1. The molecule has 1 fully saturated rings. The van der Waals surface area contributed by atoms with Gasteiger partial charge in [-0.3, -0.25) is 4.90 Å². The molecule has 1 aliphatic rings. The maximum atomic E-state index is 11.9. The van der Waals surface area contributed by atoms with Gasteiger partial charge in [0.25, 0.3) is 0 Å². The van der Waals surface area contributed by atoms with Gasteiger partial charge in [0.2, 0.25) is 0 Å². The lowest BCUT2D eigenvalue weighted by molar-refractivity contribution is -0.143. The van der Waals surface area contributed by atoms with Crippen molar-refractivity contribution in [2.75, 3.05) is 40.0 Å². The summed E-state index contributed by atoms with van der Waals surface area (Å²) in [5.74, 6) is 0.389. The van der Waals surface area contributed by atoms with Gasteiger partial charge in [0, 0.05) is 31.3 Å². The lowest BCUT2D eigenvalue weighted by atomic mass is 10.2. The van der Waals surface area contributed by atoms with Crippen molar-refractivity contribution in [3.05, 3.63) is 35.9 Å². The van der Waals surface area contributed by atoms with Crippen molar-refractivity contribution < 1.29 is 19.0 Å². The van der Waals surface area contributed by atoms with E-state index in [9.17, 15) is 4.79 Å². The number of hydrogen-bond donors (Lipinski definition) is 0. The van der Waals surface area contributed by atoms with Gasteiger partial charge in [0.05, 0.1) is 20.3 Å². The van der Waals surface area contributed by atoms with E-state index in [4.69, 9.17) is 14.2 Å². The molecule has 2 rings (SSSR count). The summed E-state index contributed by atoms with van der Waals surface area (Å²) in [4.78, 5) is 14.1. The highest BCUT2D eigenvalue weighted by molar-refractivity contribution is 5.87. The van der Waals surface area contributed by atoms with E-state index in [2.05, 4.69) is 4.90 Å². The number of carbonyl (C=O) groups excluding carboxylic acids is 1. The molecule has 0 aromatic heterocycles. The van der Waals surface area contributed by atoms with Crippen LogP contribution < -0.4 is 4.74 Å². The highest BCUT2D eigenvalue weighted by Gasteiger charge is 2.15. The van der Waals surface area contributed by atoms with E-state index in [-0.39, 0.29) is 12.1 Å². The van der Waals surface area contributed by atoms with Crippen molar-refractivity contribution >= 4 is 12.0 Å². The van der Waals surface area contributed by atoms with Crippen LogP contribution in [0.2, 0.25) is 0 Å². The van der Waals surface area contributed by atoms with Crippen LogP contribution in [-0.2, 0) is 14.3 Å². The van der Waals surface area contributed by atoms with Crippen LogP contribution in [0.15, 0.2) is 30.3 Å². The molecule has 22 heavy (non-hydrogen) atoms. The van der Waals surface area contributed by atoms with Gasteiger partial charge in [0.1, 0.15) is 11.9 Å². The van der Waals surface area contributed by atoms with E-state index in [1.54, 1.807) is 13.2 Å². The number of esters is 1. The molecule has 1 aromatic rings. The topological polar surface area (TPSA) is 48.0 Å². The van der Waals surface area contributed by atoms with E-state index >= 15 is 0 Å². The molecule has 5 nitrogen and oxygen atoms in total. The Labute approximate surface area is 131 Å². The van der Waals surface area contributed by atoms with Gasteiger partial charge in [-0.15, -0.1) is 0 Å². The second kappa shape index (κ2) is 8.56. The SMILES string of the molecule is COc1ccccc1/C=C/C(=O)O[C@H](C)CN1CCOCC1. The predicted octanol–water partition coefficient (Wildman–Crippen LogP) is 1.97. The van der Waals surface area contributed by atoms with Crippen LogP contribution in [0.1, 0.15) is 12.5 Å². The average Bonchev–Trinajstić information content (AvgIpc) is 2.54. The fourth-order valence-electron chi connectivity index (χ4n) is 2.38. The number of para-hydroxylation sites is 1. The molecular weight excluding hydrogens is 282 g/mol. The minimum atomic E-state index is -0.341. The molecule has 0 radical (unpaired) electrons. The molecule has 0 amide bonds. The summed E-state index contributed by atoms with van der Waals surface area (Å²) in [6.45, 7) is 5.91. The molecule has 0 spiro atoms. The highest BCUT2D eigenvalue weighted by Crippen LogP contribution is 2.18. The van der Waals surface area contributed by atoms with Crippen LogP contribution in [0.25, 0.3) is 6.08 Å². The number of methoxy groups -OCH3 is 1. The van der Waals surface area contributed by atoms with Crippen molar-refractivity contribution in [1.29, 1.82) is 0 Å². The zero-order chi connectivity index (χ0) is 15.8. The summed E-state index contributed by atoms with van der Waals surface area (Å²) in [7, 11) is 1.61. The second-order valence-electron chi connectivity index (χ2n) is 5.24. The van der Waals surface area contributed by atoms with E-state index in [0.29, 0.717) is 0 Å². The smallest absolute Gasteiger partial charge is 0.331 e. The molecule has 0 saturated carbocycles. The molecule has 1 aromatic carbocycles. The quantitative estimate of drug-likeness (QED) is 0.594. The fourth-order valence-corrected chi connectivity index (χ4v) is 2.38. The lowest BCUT2D eigenvalue weighted by Crippen LogP contribution is -2.41.